The number of pyridine rings is 1. The Bertz CT molecular complexity index is 792. The molecular formula is C12H9BrN2O6. The second-order valence-electron chi connectivity index (χ2n) is 4.26. The van der Waals surface area contributed by atoms with Crippen LogP contribution in [-0.4, -0.2) is 20.6 Å². The SMILES string of the molecule is Cc1cc(Cn2cc(Br)cc([N+](=O)[O-])c2=O)oc1C(=O)O. The zero-order chi connectivity index (χ0) is 15.7. The summed E-state index contributed by atoms with van der Waals surface area (Å²) in [6, 6.07) is 2.58. The Labute approximate surface area is 125 Å². The van der Waals surface area contributed by atoms with E-state index in [2.05, 4.69) is 15.9 Å². The number of aryl methyl sites for hydroxylation is 1. The minimum Gasteiger partial charge on any atom is -0.475 e. The molecule has 0 spiro atoms. The van der Waals surface area contributed by atoms with E-state index < -0.39 is 22.1 Å². The van der Waals surface area contributed by atoms with Crippen molar-refractivity contribution in [3.05, 3.63) is 60.4 Å². The zero-order valence-electron chi connectivity index (χ0n) is 10.7. The molecule has 2 rings (SSSR count). The maximum atomic E-state index is 11.9. The summed E-state index contributed by atoms with van der Waals surface area (Å²) in [6.45, 7) is 1.45. The Kier molecular flexibility index (Phi) is 3.94. The molecule has 0 bridgehead atoms. The lowest BCUT2D eigenvalue weighted by atomic mass is 10.2. The van der Waals surface area contributed by atoms with E-state index in [0.29, 0.717) is 10.0 Å². The van der Waals surface area contributed by atoms with Crippen LogP contribution in [0.25, 0.3) is 0 Å². The number of nitro groups is 1. The molecule has 1 N–H and O–H groups in total. The monoisotopic (exact) mass is 356 g/mol. The van der Waals surface area contributed by atoms with Crippen molar-refractivity contribution in [1.29, 1.82) is 0 Å². The second kappa shape index (κ2) is 5.52. The van der Waals surface area contributed by atoms with Gasteiger partial charge in [0.25, 0.3) is 0 Å². The molecule has 0 aliphatic carbocycles. The summed E-state index contributed by atoms with van der Waals surface area (Å²) < 4.78 is 6.56. The highest BCUT2D eigenvalue weighted by atomic mass is 79.9. The number of rotatable bonds is 4. The Morgan fingerprint density at radius 3 is 2.71 bits per heavy atom. The van der Waals surface area contributed by atoms with Crippen molar-refractivity contribution in [1.82, 2.24) is 4.57 Å². The van der Waals surface area contributed by atoms with Gasteiger partial charge in [-0.1, -0.05) is 0 Å². The first-order valence-corrected chi connectivity index (χ1v) is 6.46. The first-order valence-electron chi connectivity index (χ1n) is 5.66. The third-order valence-electron chi connectivity index (χ3n) is 2.72. The van der Waals surface area contributed by atoms with Crippen LogP contribution in [0, 0.1) is 17.0 Å². The van der Waals surface area contributed by atoms with Crippen molar-refractivity contribution < 1.29 is 19.2 Å². The van der Waals surface area contributed by atoms with Crippen molar-refractivity contribution in [2.24, 2.45) is 0 Å². The highest BCUT2D eigenvalue weighted by Gasteiger charge is 2.18. The third kappa shape index (κ3) is 3.02. The lowest BCUT2D eigenvalue weighted by molar-refractivity contribution is -0.386. The molecule has 2 aromatic rings. The number of furan rings is 1. The first kappa shape index (κ1) is 15.0. The maximum absolute atomic E-state index is 11.9. The summed E-state index contributed by atoms with van der Waals surface area (Å²) in [5, 5.41) is 19.7. The average molecular weight is 357 g/mol. The van der Waals surface area contributed by atoms with Crippen molar-refractivity contribution >= 4 is 27.6 Å². The fourth-order valence-electron chi connectivity index (χ4n) is 1.84. The number of carbonyl (C=O) groups is 1. The molecule has 21 heavy (non-hydrogen) atoms. The predicted molar refractivity (Wildman–Crippen MR) is 74.6 cm³/mol. The van der Waals surface area contributed by atoms with Crippen molar-refractivity contribution in [3.8, 4) is 0 Å². The molecular weight excluding hydrogens is 348 g/mol. The molecule has 0 fully saturated rings. The van der Waals surface area contributed by atoms with Crippen LogP contribution in [0.15, 0.2) is 32.0 Å². The van der Waals surface area contributed by atoms with Gasteiger partial charge in [0.2, 0.25) is 5.76 Å². The van der Waals surface area contributed by atoms with Gasteiger partial charge in [-0.2, -0.15) is 0 Å². The van der Waals surface area contributed by atoms with E-state index in [9.17, 15) is 19.7 Å². The van der Waals surface area contributed by atoms with Crippen LogP contribution in [0.3, 0.4) is 0 Å². The normalized spacial score (nSPS) is 10.6. The smallest absolute Gasteiger partial charge is 0.372 e. The van der Waals surface area contributed by atoms with Gasteiger partial charge in [0.1, 0.15) is 5.76 Å². The minimum absolute atomic E-state index is 0.104. The molecule has 2 heterocycles. The Hall–Kier alpha value is -2.42. The number of carboxylic acids is 1. The number of hydrogen-bond acceptors (Lipinski definition) is 5. The van der Waals surface area contributed by atoms with E-state index in [1.165, 1.54) is 12.3 Å². The Morgan fingerprint density at radius 2 is 2.19 bits per heavy atom. The molecule has 0 unspecified atom stereocenters. The molecule has 9 heteroatoms. The number of aromatic nitrogens is 1. The highest BCUT2D eigenvalue weighted by molar-refractivity contribution is 9.10. The molecule has 0 atom stereocenters. The fourth-order valence-corrected chi connectivity index (χ4v) is 2.30. The highest BCUT2D eigenvalue weighted by Crippen LogP contribution is 2.18. The van der Waals surface area contributed by atoms with Gasteiger partial charge in [-0.05, 0) is 28.9 Å². The van der Waals surface area contributed by atoms with Crippen LogP contribution in [0.5, 0.6) is 0 Å². The van der Waals surface area contributed by atoms with Gasteiger partial charge < -0.3 is 14.1 Å². The van der Waals surface area contributed by atoms with Crippen molar-refractivity contribution in [2.75, 3.05) is 0 Å². The topological polar surface area (TPSA) is 116 Å². The van der Waals surface area contributed by atoms with E-state index in [4.69, 9.17) is 9.52 Å². The molecule has 2 aromatic heterocycles. The summed E-state index contributed by atoms with van der Waals surface area (Å²) in [7, 11) is 0. The number of aromatic carboxylic acids is 1. The van der Waals surface area contributed by atoms with Crippen LogP contribution >= 0.6 is 15.9 Å². The van der Waals surface area contributed by atoms with Crippen LogP contribution in [0.1, 0.15) is 21.9 Å². The standard InChI is InChI=1S/C12H9BrN2O6/c1-6-2-8(21-10(6)12(17)18)5-14-4-7(13)3-9(11(14)16)15(19)20/h2-4H,5H2,1H3,(H,17,18). The number of halogens is 1. The molecule has 0 saturated carbocycles. The summed E-state index contributed by atoms with van der Waals surface area (Å²) in [5.41, 5.74) is -0.963. The number of nitrogens with zero attached hydrogens (tertiary/aromatic N) is 2. The van der Waals surface area contributed by atoms with E-state index in [0.717, 1.165) is 10.6 Å². The van der Waals surface area contributed by atoms with Crippen molar-refractivity contribution in [2.45, 2.75) is 13.5 Å². The molecule has 0 aromatic carbocycles. The van der Waals surface area contributed by atoms with Gasteiger partial charge >= 0.3 is 17.2 Å². The van der Waals surface area contributed by atoms with Gasteiger partial charge in [0.05, 0.1) is 11.5 Å². The maximum Gasteiger partial charge on any atom is 0.372 e. The largest absolute Gasteiger partial charge is 0.475 e. The van der Waals surface area contributed by atoms with Crippen molar-refractivity contribution in [3.63, 3.8) is 0 Å². The van der Waals surface area contributed by atoms with Gasteiger partial charge in [-0.15, -0.1) is 0 Å². The quantitative estimate of drug-likeness (QED) is 0.662. The zero-order valence-corrected chi connectivity index (χ0v) is 12.3. The van der Waals surface area contributed by atoms with Crippen LogP contribution in [0.2, 0.25) is 0 Å². The molecule has 0 amide bonds. The first-order chi connectivity index (χ1) is 9.79. The fraction of sp³-hybridized carbons (Fsp3) is 0.167. The summed E-state index contributed by atoms with van der Waals surface area (Å²) in [5.74, 6) is -1.21. The summed E-state index contributed by atoms with van der Waals surface area (Å²) >= 11 is 3.08. The van der Waals surface area contributed by atoms with Gasteiger partial charge in [0, 0.05) is 22.3 Å². The lowest BCUT2D eigenvalue weighted by Crippen LogP contribution is -2.22. The molecule has 0 aliphatic heterocycles. The molecule has 8 nitrogen and oxygen atoms in total. The number of hydrogen-bond donors (Lipinski definition) is 1. The molecule has 110 valence electrons. The Balaban J connectivity index is 2.45. The lowest BCUT2D eigenvalue weighted by Gasteiger charge is -2.04. The van der Waals surface area contributed by atoms with Crippen LogP contribution in [0.4, 0.5) is 5.69 Å². The average Bonchev–Trinajstić information content (AvgIpc) is 2.74. The van der Waals surface area contributed by atoms with E-state index in [1.54, 1.807) is 6.92 Å². The summed E-state index contributed by atoms with van der Waals surface area (Å²) in [4.78, 5) is 32.8. The van der Waals surface area contributed by atoms with E-state index in [-0.39, 0.29) is 18.1 Å². The van der Waals surface area contributed by atoms with E-state index >= 15 is 0 Å². The molecule has 0 radical (unpaired) electrons. The third-order valence-corrected chi connectivity index (χ3v) is 3.15. The van der Waals surface area contributed by atoms with E-state index in [1.807, 2.05) is 0 Å². The Morgan fingerprint density at radius 1 is 1.52 bits per heavy atom. The number of carboxylic acid groups (broad SMARTS) is 1. The molecule has 0 saturated heterocycles. The van der Waals surface area contributed by atoms with Gasteiger partial charge in [0.15, 0.2) is 0 Å². The minimum atomic E-state index is -1.22. The van der Waals surface area contributed by atoms with Crippen LogP contribution < -0.4 is 5.56 Å². The predicted octanol–water partition coefficient (Wildman–Crippen LogP) is 2.17. The van der Waals surface area contributed by atoms with Gasteiger partial charge in [-0.25, -0.2) is 4.79 Å². The second-order valence-corrected chi connectivity index (χ2v) is 5.18. The van der Waals surface area contributed by atoms with Gasteiger partial charge in [-0.3, -0.25) is 14.9 Å². The summed E-state index contributed by atoms with van der Waals surface area (Å²) in [6.07, 6.45) is 1.37. The van der Waals surface area contributed by atoms with Crippen LogP contribution in [-0.2, 0) is 6.54 Å². The molecule has 0 aliphatic rings.